The van der Waals surface area contributed by atoms with Gasteiger partial charge in [-0.2, -0.15) is 5.26 Å². The van der Waals surface area contributed by atoms with Crippen LogP contribution in [0.1, 0.15) is 28.8 Å². The maximum Gasteiger partial charge on any atom is 0.235 e. The molecule has 0 saturated carbocycles. The van der Waals surface area contributed by atoms with Crippen LogP contribution >= 0.6 is 23.1 Å². The Bertz CT molecular complexity index is 719. The highest BCUT2D eigenvalue weighted by Gasteiger charge is 2.21. The first-order chi connectivity index (χ1) is 10.8. The van der Waals surface area contributed by atoms with E-state index < -0.39 is 0 Å². The lowest BCUT2D eigenvalue weighted by molar-refractivity contribution is -0.113. The third kappa shape index (κ3) is 3.32. The molecule has 0 unspecified atom stereocenters. The van der Waals surface area contributed by atoms with Gasteiger partial charge in [0.15, 0.2) is 0 Å². The standard InChI is InChI=1S/C16H15N3OS2/c17-9-12-11-5-1-2-6-13(11)22-16(12)19-14(20)10-21-15-7-3-4-8-18-15/h3-4,7-8H,1-2,5-6,10H2,(H,19,20). The fourth-order valence-corrected chi connectivity index (χ4v) is 4.42. The number of hydrogen-bond donors (Lipinski definition) is 1. The number of nitrogens with zero attached hydrogens (tertiary/aromatic N) is 2. The Balaban J connectivity index is 1.67. The maximum atomic E-state index is 12.1. The topological polar surface area (TPSA) is 65.8 Å². The highest BCUT2D eigenvalue weighted by molar-refractivity contribution is 7.99. The molecule has 1 aliphatic rings. The van der Waals surface area contributed by atoms with Crippen molar-refractivity contribution in [3.05, 3.63) is 40.4 Å². The van der Waals surface area contributed by atoms with Gasteiger partial charge in [-0.15, -0.1) is 11.3 Å². The van der Waals surface area contributed by atoms with Gasteiger partial charge in [-0.05, 0) is 43.4 Å². The van der Waals surface area contributed by atoms with E-state index in [4.69, 9.17) is 0 Å². The molecule has 0 atom stereocenters. The minimum Gasteiger partial charge on any atom is -0.316 e. The SMILES string of the molecule is N#Cc1c(NC(=O)CSc2ccccn2)sc2c1CCCC2. The third-order valence-corrected chi connectivity index (χ3v) is 5.68. The van der Waals surface area contributed by atoms with Crippen molar-refractivity contribution < 1.29 is 4.79 Å². The minimum absolute atomic E-state index is 0.0919. The van der Waals surface area contributed by atoms with Crippen molar-refractivity contribution in [1.29, 1.82) is 5.26 Å². The van der Waals surface area contributed by atoms with Gasteiger partial charge >= 0.3 is 0 Å². The van der Waals surface area contributed by atoms with Crippen LogP contribution in [0.25, 0.3) is 0 Å². The van der Waals surface area contributed by atoms with Crippen molar-refractivity contribution in [2.75, 3.05) is 11.1 Å². The largest absolute Gasteiger partial charge is 0.316 e. The number of aromatic nitrogens is 1. The van der Waals surface area contributed by atoms with E-state index in [2.05, 4.69) is 16.4 Å². The lowest BCUT2D eigenvalue weighted by Gasteiger charge is -2.09. The second-order valence-electron chi connectivity index (χ2n) is 5.03. The second kappa shape index (κ2) is 6.95. The smallest absolute Gasteiger partial charge is 0.235 e. The number of carbonyl (C=O) groups excluding carboxylic acids is 1. The van der Waals surface area contributed by atoms with Crippen LogP contribution in [0, 0.1) is 11.3 Å². The summed E-state index contributed by atoms with van der Waals surface area (Å²) in [5.74, 6) is 0.204. The summed E-state index contributed by atoms with van der Waals surface area (Å²) in [6, 6.07) is 7.88. The molecule has 0 spiro atoms. The molecule has 0 aliphatic heterocycles. The first-order valence-electron chi connectivity index (χ1n) is 7.16. The number of thiophene rings is 1. The van der Waals surface area contributed by atoms with Gasteiger partial charge in [0.2, 0.25) is 5.91 Å². The van der Waals surface area contributed by atoms with E-state index in [-0.39, 0.29) is 5.91 Å². The summed E-state index contributed by atoms with van der Waals surface area (Å²) < 4.78 is 0. The summed E-state index contributed by atoms with van der Waals surface area (Å²) in [5, 5.41) is 13.8. The average molecular weight is 329 g/mol. The Kier molecular flexibility index (Phi) is 4.76. The lowest BCUT2D eigenvalue weighted by Crippen LogP contribution is -2.14. The van der Waals surface area contributed by atoms with Crippen LogP contribution in [-0.2, 0) is 17.6 Å². The zero-order valence-corrected chi connectivity index (χ0v) is 13.6. The molecule has 2 aromatic heterocycles. The number of nitriles is 1. The van der Waals surface area contributed by atoms with Gasteiger partial charge in [0, 0.05) is 11.1 Å². The molecule has 1 N–H and O–H groups in total. The molecule has 0 aromatic carbocycles. The summed E-state index contributed by atoms with van der Waals surface area (Å²) in [7, 11) is 0. The second-order valence-corrected chi connectivity index (χ2v) is 7.13. The van der Waals surface area contributed by atoms with Gasteiger partial charge in [-0.25, -0.2) is 4.98 Å². The predicted octanol–water partition coefficient (Wildman–Crippen LogP) is 3.62. The molecule has 4 nitrogen and oxygen atoms in total. The highest BCUT2D eigenvalue weighted by atomic mass is 32.2. The maximum absolute atomic E-state index is 12.1. The molecular formula is C16H15N3OS2. The predicted molar refractivity (Wildman–Crippen MR) is 89.3 cm³/mol. The third-order valence-electron chi connectivity index (χ3n) is 3.52. The van der Waals surface area contributed by atoms with Crippen molar-refractivity contribution in [3.8, 4) is 6.07 Å². The number of amides is 1. The molecule has 2 heterocycles. The fraction of sp³-hybridized carbons (Fsp3) is 0.312. The fourth-order valence-electron chi connectivity index (χ4n) is 2.51. The zero-order valence-electron chi connectivity index (χ0n) is 12.0. The number of nitrogens with one attached hydrogen (secondary N) is 1. The number of hydrogen-bond acceptors (Lipinski definition) is 5. The number of thioether (sulfide) groups is 1. The van der Waals surface area contributed by atoms with Gasteiger partial charge in [-0.1, -0.05) is 17.8 Å². The Labute approximate surface area is 137 Å². The van der Waals surface area contributed by atoms with E-state index in [1.165, 1.54) is 23.1 Å². The van der Waals surface area contributed by atoms with Crippen LogP contribution in [0.3, 0.4) is 0 Å². The van der Waals surface area contributed by atoms with Crippen LogP contribution in [0.15, 0.2) is 29.4 Å². The Hall–Kier alpha value is -1.84. The molecule has 2 aromatic rings. The highest BCUT2D eigenvalue weighted by Crippen LogP contribution is 2.37. The lowest BCUT2D eigenvalue weighted by atomic mass is 9.96. The van der Waals surface area contributed by atoms with Gasteiger partial charge in [0.05, 0.1) is 16.3 Å². The van der Waals surface area contributed by atoms with Crippen molar-refractivity contribution in [1.82, 2.24) is 4.98 Å². The molecule has 1 aliphatic carbocycles. The van der Waals surface area contributed by atoms with Crippen molar-refractivity contribution in [2.45, 2.75) is 30.7 Å². The van der Waals surface area contributed by atoms with Gasteiger partial charge in [0.1, 0.15) is 11.1 Å². The molecule has 112 valence electrons. The number of pyridine rings is 1. The van der Waals surface area contributed by atoms with Crippen LogP contribution in [-0.4, -0.2) is 16.6 Å². The Morgan fingerprint density at radius 2 is 2.27 bits per heavy atom. The van der Waals surface area contributed by atoms with E-state index >= 15 is 0 Å². The molecule has 0 radical (unpaired) electrons. The van der Waals surface area contributed by atoms with E-state index in [0.717, 1.165) is 29.9 Å². The van der Waals surface area contributed by atoms with Crippen molar-refractivity contribution in [2.24, 2.45) is 0 Å². The number of carbonyl (C=O) groups is 1. The van der Waals surface area contributed by atoms with Crippen molar-refractivity contribution >= 4 is 34.0 Å². The molecule has 0 saturated heterocycles. The number of anilines is 1. The molecule has 0 bridgehead atoms. The molecule has 3 rings (SSSR count). The first-order valence-corrected chi connectivity index (χ1v) is 8.96. The molecule has 22 heavy (non-hydrogen) atoms. The quantitative estimate of drug-likeness (QED) is 0.870. The van der Waals surface area contributed by atoms with Gasteiger partial charge < -0.3 is 5.32 Å². The van der Waals surface area contributed by atoms with E-state index in [0.29, 0.717) is 16.3 Å². The monoisotopic (exact) mass is 329 g/mol. The van der Waals surface area contributed by atoms with Crippen molar-refractivity contribution in [3.63, 3.8) is 0 Å². The Morgan fingerprint density at radius 3 is 3.05 bits per heavy atom. The molecule has 6 heteroatoms. The normalized spacial score (nSPS) is 13.2. The number of fused-ring (bicyclic) bond motifs is 1. The summed E-state index contributed by atoms with van der Waals surface area (Å²) in [5.41, 5.74) is 1.81. The van der Waals surface area contributed by atoms with Gasteiger partial charge in [0.25, 0.3) is 0 Å². The van der Waals surface area contributed by atoms with E-state index in [1.807, 2.05) is 18.2 Å². The number of rotatable bonds is 4. The van der Waals surface area contributed by atoms with Crippen LogP contribution < -0.4 is 5.32 Å². The van der Waals surface area contributed by atoms with Crippen LogP contribution in [0.4, 0.5) is 5.00 Å². The Morgan fingerprint density at radius 1 is 1.41 bits per heavy atom. The number of aryl methyl sites for hydroxylation is 1. The van der Waals surface area contributed by atoms with E-state index in [9.17, 15) is 10.1 Å². The van der Waals surface area contributed by atoms with Gasteiger partial charge in [-0.3, -0.25) is 4.79 Å². The summed E-state index contributed by atoms with van der Waals surface area (Å²) >= 11 is 2.95. The summed E-state index contributed by atoms with van der Waals surface area (Å²) in [6.45, 7) is 0. The summed E-state index contributed by atoms with van der Waals surface area (Å²) in [6.07, 6.45) is 5.98. The van der Waals surface area contributed by atoms with Crippen LogP contribution in [0.2, 0.25) is 0 Å². The minimum atomic E-state index is -0.0919. The van der Waals surface area contributed by atoms with Crippen LogP contribution in [0.5, 0.6) is 0 Å². The molecule has 1 amide bonds. The zero-order chi connectivity index (χ0) is 15.4. The van der Waals surface area contributed by atoms with E-state index in [1.54, 1.807) is 17.5 Å². The molecule has 0 fully saturated rings. The average Bonchev–Trinajstić information content (AvgIpc) is 2.91. The molecular weight excluding hydrogens is 314 g/mol. The summed E-state index contributed by atoms with van der Waals surface area (Å²) in [4.78, 5) is 17.5. The first kappa shape index (κ1) is 15.1.